The van der Waals surface area contributed by atoms with Crippen molar-refractivity contribution in [2.45, 2.75) is 26.7 Å². The van der Waals surface area contributed by atoms with Crippen LogP contribution in [0.25, 0.3) is 0 Å². The summed E-state index contributed by atoms with van der Waals surface area (Å²) in [5.74, 6) is -0.277. The number of carbonyl (C=O) groups is 1. The van der Waals surface area contributed by atoms with Crippen molar-refractivity contribution in [3.63, 3.8) is 0 Å². The Kier molecular flexibility index (Phi) is 4.99. The Balaban J connectivity index is 2.67. The van der Waals surface area contributed by atoms with Gasteiger partial charge in [-0.3, -0.25) is 4.79 Å². The standard InChI is InChI=1S/C12H15ClN2O/c1-3-6-9(2)14-15-12(16)10-7-4-5-8-11(10)13/h4-5,7-8H,3,6H2,1-2H3,(H,15,16)/b14-9+. The van der Waals surface area contributed by atoms with Crippen molar-refractivity contribution in [2.75, 3.05) is 0 Å². The molecule has 0 atom stereocenters. The Morgan fingerprint density at radius 3 is 2.75 bits per heavy atom. The zero-order chi connectivity index (χ0) is 12.0. The monoisotopic (exact) mass is 238 g/mol. The molecule has 0 saturated heterocycles. The average Bonchev–Trinajstić information content (AvgIpc) is 2.27. The maximum Gasteiger partial charge on any atom is 0.272 e. The van der Waals surface area contributed by atoms with Crippen LogP contribution in [0.1, 0.15) is 37.0 Å². The van der Waals surface area contributed by atoms with Crippen LogP contribution in [0, 0.1) is 0 Å². The van der Waals surface area contributed by atoms with Crippen molar-refractivity contribution in [1.29, 1.82) is 0 Å². The van der Waals surface area contributed by atoms with Gasteiger partial charge in [-0.15, -0.1) is 0 Å². The van der Waals surface area contributed by atoms with Gasteiger partial charge < -0.3 is 0 Å². The number of rotatable bonds is 4. The topological polar surface area (TPSA) is 41.5 Å². The van der Waals surface area contributed by atoms with Crippen molar-refractivity contribution < 1.29 is 4.79 Å². The molecule has 0 unspecified atom stereocenters. The van der Waals surface area contributed by atoms with Gasteiger partial charge in [-0.2, -0.15) is 5.10 Å². The zero-order valence-corrected chi connectivity index (χ0v) is 10.2. The largest absolute Gasteiger partial charge is 0.272 e. The number of carbonyl (C=O) groups excluding carboxylic acids is 1. The van der Waals surface area contributed by atoms with Crippen LogP contribution in [0.3, 0.4) is 0 Å². The van der Waals surface area contributed by atoms with E-state index in [-0.39, 0.29) is 5.91 Å². The molecule has 1 N–H and O–H groups in total. The first kappa shape index (κ1) is 12.7. The molecule has 0 aliphatic carbocycles. The third-order valence-electron chi connectivity index (χ3n) is 2.08. The molecule has 4 heteroatoms. The summed E-state index contributed by atoms with van der Waals surface area (Å²) >= 11 is 5.89. The molecule has 0 fully saturated rings. The summed E-state index contributed by atoms with van der Waals surface area (Å²) in [7, 11) is 0. The van der Waals surface area contributed by atoms with Crippen LogP contribution in [0.2, 0.25) is 5.02 Å². The van der Waals surface area contributed by atoms with Gasteiger partial charge in [0.1, 0.15) is 0 Å². The van der Waals surface area contributed by atoms with Gasteiger partial charge in [0.05, 0.1) is 10.6 Å². The number of hydrogen-bond donors (Lipinski definition) is 1. The number of nitrogens with zero attached hydrogens (tertiary/aromatic N) is 1. The van der Waals surface area contributed by atoms with Gasteiger partial charge in [-0.1, -0.05) is 37.1 Å². The van der Waals surface area contributed by atoms with Gasteiger partial charge in [0.25, 0.3) is 5.91 Å². The van der Waals surface area contributed by atoms with Crippen LogP contribution in [-0.2, 0) is 0 Å². The third kappa shape index (κ3) is 3.66. The van der Waals surface area contributed by atoms with E-state index in [9.17, 15) is 4.79 Å². The van der Waals surface area contributed by atoms with Gasteiger partial charge in [0.2, 0.25) is 0 Å². The van der Waals surface area contributed by atoms with Crippen LogP contribution < -0.4 is 5.43 Å². The summed E-state index contributed by atoms with van der Waals surface area (Å²) in [5.41, 5.74) is 3.84. The molecule has 0 heterocycles. The van der Waals surface area contributed by atoms with Crippen LogP contribution in [0.4, 0.5) is 0 Å². The minimum Gasteiger partial charge on any atom is -0.267 e. The summed E-state index contributed by atoms with van der Waals surface area (Å²) in [6.45, 7) is 3.95. The van der Waals surface area contributed by atoms with Crippen molar-refractivity contribution in [1.82, 2.24) is 5.43 Å². The van der Waals surface area contributed by atoms with Crippen LogP contribution in [0.15, 0.2) is 29.4 Å². The number of halogens is 1. The molecule has 86 valence electrons. The van der Waals surface area contributed by atoms with E-state index in [1.165, 1.54) is 0 Å². The van der Waals surface area contributed by atoms with E-state index in [1.807, 2.05) is 6.92 Å². The van der Waals surface area contributed by atoms with E-state index < -0.39 is 0 Å². The van der Waals surface area contributed by atoms with E-state index in [1.54, 1.807) is 24.3 Å². The Morgan fingerprint density at radius 1 is 1.44 bits per heavy atom. The summed E-state index contributed by atoms with van der Waals surface area (Å²) in [4.78, 5) is 11.7. The Morgan fingerprint density at radius 2 is 2.12 bits per heavy atom. The predicted molar refractivity (Wildman–Crippen MR) is 66.9 cm³/mol. The fourth-order valence-corrected chi connectivity index (χ4v) is 1.49. The van der Waals surface area contributed by atoms with Crippen LogP contribution in [0.5, 0.6) is 0 Å². The highest BCUT2D eigenvalue weighted by Crippen LogP contribution is 2.14. The fourth-order valence-electron chi connectivity index (χ4n) is 1.27. The lowest BCUT2D eigenvalue weighted by Crippen LogP contribution is -2.19. The SMILES string of the molecule is CCC/C(C)=N/NC(=O)c1ccccc1Cl. The molecule has 0 aromatic heterocycles. The lowest BCUT2D eigenvalue weighted by atomic mass is 10.2. The Hall–Kier alpha value is -1.35. The second kappa shape index (κ2) is 6.28. The second-order valence-corrected chi connectivity index (χ2v) is 3.93. The molecule has 16 heavy (non-hydrogen) atoms. The number of hydrazone groups is 1. The molecule has 0 saturated carbocycles. The third-order valence-corrected chi connectivity index (χ3v) is 2.41. The van der Waals surface area contributed by atoms with Crippen LogP contribution >= 0.6 is 11.6 Å². The zero-order valence-electron chi connectivity index (χ0n) is 9.46. The van der Waals surface area contributed by atoms with E-state index in [4.69, 9.17) is 11.6 Å². The lowest BCUT2D eigenvalue weighted by Gasteiger charge is -2.03. The first-order chi connectivity index (χ1) is 7.65. The van der Waals surface area contributed by atoms with E-state index in [0.717, 1.165) is 18.6 Å². The number of amides is 1. The van der Waals surface area contributed by atoms with E-state index in [2.05, 4.69) is 17.5 Å². The molecule has 1 rings (SSSR count). The highest BCUT2D eigenvalue weighted by molar-refractivity contribution is 6.33. The highest BCUT2D eigenvalue weighted by Gasteiger charge is 2.07. The predicted octanol–water partition coefficient (Wildman–Crippen LogP) is 3.25. The van der Waals surface area contributed by atoms with Crippen molar-refractivity contribution in [3.8, 4) is 0 Å². The average molecular weight is 239 g/mol. The molecule has 0 bridgehead atoms. The van der Waals surface area contributed by atoms with Crippen molar-refractivity contribution in [2.24, 2.45) is 5.10 Å². The molecule has 0 spiro atoms. The summed E-state index contributed by atoms with van der Waals surface area (Å²) in [6.07, 6.45) is 1.89. The normalized spacial score (nSPS) is 11.3. The van der Waals surface area contributed by atoms with E-state index >= 15 is 0 Å². The second-order valence-electron chi connectivity index (χ2n) is 3.52. The van der Waals surface area contributed by atoms with Crippen LogP contribution in [-0.4, -0.2) is 11.6 Å². The minimum absolute atomic E-state index is 0.277. The molecule has 1 aromatic carbocycles. The summed E-state index contributed by atoms with van der Waals surface area (Å²) < 4.78 is 0. The summed E-state index contributed by atoms with van der Waals surface area (Å²) in [5, 5.41) is 4.42. The fraction of sp³-hybridized carbons (Fsp3) is 0.333. The molecule has 0 radical (unpaired) electrons. The number of nitrogens with one attached hydrogen (secondary N) is 1. The maximum absolute atomic E-state index is 11.7. The summed E-state index contributed by atoms with van der Waals surface area (Å²) in [6, 6.07) is 6.90. The quantitative estimate of drug-likeness (QED) is 0.635. The maximum atomic E-state index is 11.7. The lowest BCUT2D eigenvalue weighted by molar-refractivity contribution is 0.0955. The molecule has 0 aliphatic rings. The molecular formula is C12H15ClN2O. The molecule has 0 aliphatic heterocycles. The Bertz CT molecular complexity index is 402. The van der Waals surface area contributed by atoms with Crippen molar-refractivity contribution >= 4 is 23.2 Å². The minimum atomic E-state index is -0.277. The van der Waals surface area contributed by atoms with Gasteiger partial charge in [0, 0.05) is 5.71 Å². The Labute approximate surface area is 101 Å². The molecule has 1 amide bonds. The molecular weight excluding hydrogens is 224 g/mol. The highest BCUT2D eigenvalue weighted by atomic mass is 35.5. The van der Waals surface area contributed by atoms with Crippen molar-refractivity contribution in [3.05, 3.63) is 34.9 Å². The van der Waals surface area contributed by atoms with Gasteiger partial charge >= 0.3 is 0 Å². The van der Waals surface area contributed by atoms with Gasteiger partial charge in [-0.05, 0) is 25.5 Å². The number of hydrogen-bond acceptors (Lipinski definition) is 2. The van der Waals surface area contributed by atoms with Gasteiger partial charge in [-0.25, -0.2) is 5.43 Å². The smallest absolute Gasteiger partial charge is 0.267 e. The number of benzene rings is 1. The molecule has 3 nitrogen and oxygen atoms in total. The first-order valence-corrected chi connectivity index (χ1v) is 5.61. The molecule has 1 aromatic rings. The van der Waals surface area contributed by atoms with Gasteiger partial charge in [0.15, 0.2) is 0 Å². The first-order valence-electron chi connectivity index (χ1n) is 5.23. The van der Waals surface area contributed by atoms with E-state index in [0.29, 0.717) is 10.6 Å².